The standard InChI is InChI=1S/C11H21N5O/c1-4-11(12,5-2)10(17)13-7-9-15-14-8-16(9)6-3/h8H,4-7,12H2,1-3H3,(H,13,17). The first-order valence-electron chi connectivity index (χ1n) is 6.01. The topological polar surface area (TPSA) is 85.8 Å². The summed E-state index contributed by atoms with van der Waals surface area (Å²) in [5.41, 5.74) is 5.21. The van der Waals surface area contributed by atoms with Gasteiger partial charge in [0.05, 0.1) is 12.1 Å². The maximum absolute atomic E-state index is 11.9. The van der Waals surface area contributed by atoms with Crippen molar-refractivity contribution < 1.29 is 4.79 Å². The molecule has 0 saturated carbocycles. The van der Waals surface area contributed by atoms with Crippen LogP contribution in [0.1, 0.15) is 39.4 Å². The fourth-order valence-electron chi connectivity index (χ4n) is 1.59. The average molecular weight is 239 g/mol. The van der Waals surface area contributed by atoms with Crippen molar-refractivity contribution in [2.75, 3.05) is 0 Å². The number of aryl methyl sites for hydroxylation is 1. The lowest BCUT2D eigenvalue weighted by Crippen LogP contribution is -2.53. The molecular formula is C11H21N5O. The first-order valence-corrected chi connectivity index (χ1v) is 6.01. The molecule has 0 aliphatic heterocycles. The molecule has 0 fully saturated rings. The summed E-state index contributed by atoms with van der Waals surface area (Å²) < 4.78 is 1.89. The molecule has 1 aromatic heterocycles. The van der Waals surface area contributed by atoms with Crippen LogP contribution in [0.4, 0.5) is 0 Å². The first-order chi connectivity index (χ1) is 8.07. The Bertz CT molecular complexity index is 370. The fraction of sp³-hybridized carbons (Fsp3) is 0.727. The molecule has 0 aliphatic rings. The molecule has 0 aromatic carbocycles. The Morgan fingerprint density at radius 3 is 2.65 bits per heavy atom. The van der Waals surface area contributed by atoms with Gasteiger partial charge in [0.1, 0.15) is 6.33 Å². The third-order valence-corrected chi connectivity index (χ3v) is 3.16. The molecule has 1 aromatic rings. The summed E-state index contributed by atoms with van der Waals surface area (Å²) in [4.78, 5) is 11.9. The normalized spacial score (nSPS) is 11.5. The zero-order chi connectivity index (χ0) is 12.9. The molecule has 0 saturated heterocycles. The summed E-state index contributed by atoms with van der Waals surface area (Å²) in [6, 6.07) is 0. The zero-order valence-corrected chi connectivity index (χ0v) is 10.7. The smallest absolute Gasteiger partial charge is 0.240 e. The monoisotopic (exact) mass is 239 g/mol. The number of aromatic nitrogens is 3. The fourth-order valence-corrected chi connectivity index (χ4v) is 1.59. The van der Waals surface area contributed by atoms with Crippen molar-refractivity contribution in [2.24, 2.45) is 5.73 Å². The average Bonchev–Trinajstić information content (AvgIpc) is 2.82. The van der Waals surface area contributed by atoms with Crippen LogP contribution in [0.15, 0.2) is 6.33 Å². The van der Waals surface area contributed by atoms with E-state index in [1.807, 2.05) is 25.3 Å². The maximum atomic E-state index is 11.9. The lowest BCUT2D eigenvalue weighted by atomic mass is 9.93. The van der Waals surface area contributed by atoms with Gasteiger partial charge in [-0.25, -0.2) is 0 Å². The van der Waals surface area contributed by atoms with Crippen LogP contribution in [-0.2, 0) is 17.9 Å². The van der Waals surface area contributed by atoms with E-state index in [9.17, 15) is 4.79 Å². The number of amides is 1. The minimum atomic E-state index is -0.781. The second-order valence-electron chi connectivity index (χ2n) is 4.08. The lowest BCUT2D eigenvalue weighted by Gasteiger charge is -2.24. The van der Waals surface area contributed by atoms with Gasteiger partial charge < -0.3 is 15.6 Å². The minimum Gasteiger partial charge on any atom is -0.347 e. The Morgan fingerprint density at radius 2 is 2.12 bits per heavy atom. The van der Waals surface area contributed by atoms with Crippen molar-refractivity contribution in [1.29, 1.82) is 0 Å². The van der Waals surface area contributed by atoms with E-state index in [4.69, 9.17) is 5.73 Å². The van der Waals surface area contributed by atoms with Crippen LogP contribution in [0.3, 0.4) is 0 Å². The lowest BCUT2D eigenvalue weighted by molar-refractivity contribution is -0.126. The van der Waals surface area contributed by atoms with E-state index in [0.29, 0.717) is 19.4 Å². The highest BCUT2D eigenvalue weighted by Crippen LogP contribution is 2.11. The number of hydrogen-bond donors (Lipinski definition) is 2. The second-order valence-corrected chi connectivity index (χ2v) is 4.08. The predicted octanol–water partition coefficient (Wildman–Crippen LogP) is 0.432. The van der Waals surface area contributed by atoms with Gasteiger partial charge in [-0.1, -0.05) is 13.8 Å². The number of rotatable bonds is 6. The molecule has 0 unspecified atom stereocenters. The highest BCUT2D eigenvalue weighted by molar-refractivity contribution is 5.85. The van der Waals surface area contributed by atoms with Crippen LogP contribution in [0.25, 0.3) is 0 Å². The summed E-state index contributed by atoms with van der Waals surface area (Å²) >= 11 is 0. The minimum absolute atomic E-state index is 0.131. The summed E-state index contributed by atoms with van der Waals surface area (Å²) in [5, 5.41) is 10.6. The van der Waals surface area contributed by atoms with Gasteiger partial charge in [0, 0.05) is 6.54 Å². The summed E-state index contributed by atoms with van der Waals surface area (Å²) in [7, 11) is 0. The van der Waals surface area contributed by atoms with Crippen molar-refractivity contribution in [1.82, 2.24) is 20.1 Å². The van der Waals surface area contributed by atoms with Gasteiger partial charge in [-0.2, -0.15) is 0 Å². The molecule has 0 aliphatic carbocycles. The van der Waals surface area contributed by atoms with Gasteiger partial charge in [0.15, 0.2) is 5.82 Å². The number of nitrogens with two attached hydrogens (primary N) is 1. The second kappa shape index (κ2) is 5.77. The maximum Gasteiger partial charge on any atom is 0.240 e. The van der Waals surface area contributed by atoms with Crippen LogP contribution in [0.2, 0.25) is 0 Å². The molecule has 6 nitrogen and oxygen atoms in total. The van der Waals surface area contributed by atoms with Gasteiger partial charge in [0.25, 0.3) is 0 Å². The van der Waals surface area contributed by atoms with Crippen LogP contribution >= 0.6 is 0 Å². The molecule has 0 spiro atoms. The third-order valence-electron chi connectivity index (χ3n) is 3.16. The van der Waals surface area contributed by atoms with E-state index in [1.165, 1.54) is 0 Å². The molecule has 17 heavy (non-hydrogen) atoms. The molecule has 6 heteroatoms. The Balaban J connectivity index is 2.59. The Labute approximate surface area is 102 Å². The van der Waals surface area contributed by atoms with Gasteiger partial charge in [-0.3, -0.25) is 4.79 Å². The quantitative estimate of drug-likeness (QED) is 0.754. The predicted molar refractivity (Wildman–Crippen MR) is 65.0 cm³/mol. The van der Waals surface area contributed by atoms with Crippen molar-refractivity contribution in [2.45, 2.75) is 52.2 Å². The van der Waals surface area contributed by atoms with Gasteiger partial charge in [-0.05, 0) is 19.8 Å². The van der Waals surface area contributed by atoms with E-state index >= 15 is 0 Å². The molecule has 0 atom stereocenters. The molecule has 3 N–H and O–H groups in total. The van der Waals surface area contributed by atoms with Crippen LogP contribution in [0.5, 0.6) is 0 Å². The van der Waals surface area contributed by atoms with Gasteiger partial charge >= 0.3 is 0 Å². The number of nitrogens with one attached hydrogen (secondary N) is 1. The molecule has 1 rings (SSSR count). The third kappa shape index (κ3) is 3.03. The largest absolute Gasteiger partial charge is 0.347 e. The number of carbonyl (C=O) groups excluding carboxylic acids is 1. The van der Waals surface area contributed by atoms with Crippen LogP contribution < -0.4 is 11.1 Å². The van der Waals surface area contributed by atoms with E-state index in [-0.39, 0.29) is 5.91 Å². The summed E-state index contributed by atoms with van der Waals surface area (Å²) in [6.07, 6.45) is 2.89. The van der Waals surface area contributed by atoms with E-state index in [2.05, 4.69) is 15.5 Å². The molecule has 96 valence electrons. The molecule has 0 radical (unpaired) electrons. The van der Waals surface area contributed by atoms with Crippen LogP contribution in [-0.4, -0.2) is 26.2 Å². The van der Waals surface area contributed by atoms with Crippen LogP contribution in [0, 0.1) is 0 Å². The molecule has 1 amide bonds. The van der Waals surface area contributed by atoms with E-state index < -0.39 is 5.54 Å². The van der Waals surface area contributed by atoms with Crippen molar-refractivity contribution in [3.63, 3.8) is 0 Å². The number of hydrogen-bond acceptors (Lipinski definition) is 4. The highest BCUT2D eigenvalue weighted by Gasteiger charge is 2.29. The van der Waals surface area contributed by atoms with E-state index in [1.54, 1.807) is 6.33 Å². The van der Waals surface area contributed by atoms with Crippen molar-refractivity contribution >= 4 is 5.91 Å². The van der Waals surface area contributed by atoms with E-state index in [0.717, 1.165) is 12.4 Å². The number of nitrogens with zero attached hydrogens (tertiary/aromatic N) is 3. The summed E-state index contributed by atoms with van der Waals surface area (Å²) in [5.74, 6) is 0.614. The highest BCUT2D eigenvalue weighted by atomic mass is 16.2. The zero-order valence-electron chi connectivity index (χ0n) is 10.7. The van der Waals surface area contributed by atoms with Crippen molar-refractivity contribution in [3.05, 3.63) is 12.2 Å². The Kier molecular flexibility index (Phi) is 4.62. The van der Waals surface area contributed by atoms with Gasteiger partial charge in [-0.15, -0.1) is 10.2 Å². The SMILES string of the molecule is CCn1cnnc1CNC(=O)C(N)(CC)CC. The molecule has 0 bridgehead atoms. The molecule has 1 heterocycles. The number of carbonyl (C=O) groups is 1. The Morgan fingerprint density at radius 1 is 1.47 bits per heavy atom. The van der Waals surface area contributed by atoms with Gasteiger partial charge in [0.2, 0.25) is 5.91 Å². The Hall–Kier alpha value is -1.43. The first kappa shape index (κ1) is 13.6. The summed E-state index contributed by atoms with van der Waals surface area (Å²) in [6.45, 7) is 6.98. The molecular weight excluding hydrogens is 218 g/mol. The van der Waals surface area contributed by atoms with Crippen molar-refractivity contribution in [3.8, 4) is 0 Å².